The van der Waals surface area contributed by atoms with Gasteiger partial charge in [-0.1, -0.05) is 11.6 Å². The molecular formula is C19H19ClN6O5. The molecule has 1 unspecified atom stereocenters. The summed E-state index contributed by atoms with van der Waals surface area (Å²) in [6.45, 7) is 5.11. The van der Waals surface area contributed by atoms with Crippen molar-refractivity contribution in [2.75, 3.05) is 5.32 Å². The Morgan fingerprint density at radius 3 is 2.77 bits per heavy atom. The van der Waals surface area contributed by atoms with Crippen LogP contribution in [0.15, 0.2) is 24.5 Å². The minimum atomic E-state index is -1.09. The lowest BCUT2D eigenvalue weighted by Gasteiger charge is -2.15. The molecule has 12 heteroatoms. The van der Waals surface area contributed by atoms with Crippen LogP contribution in [0.4, 0.5) is 11.4 Å². The zero-order chi connectivity index (χ0) is 22.7. The fourth-order valence-corrected chi connectivity index (χ4v) is 3.23. The molecule has 0 saturated carbocycles. The Bertz CT molecular complexity index is 1180. The Balaban J connectivity index is 1.58. The summed E-state index contributed by atoms with van der Waals surface area (Å²) in [5, 5.41) is 17.4. The van der Waals surface area contributed by atoms with Crippen LogP contribution in [0.2, 0.25) is 5.02 Å². The molecule has 1 aromatic carbocycles. The van der Waals surface area contributed by atoms with E-state index in [1.165, 1.54) is 25.4 Å². The van der Waals surface area contributed by atoms with Crippen LogP contribution in [0.3, 0.4) is 0 Å². The monoisotopic (exact) mass is 446 g/mol. The number of amides is 1. The molecule has 3 rings (SSSR count). The highest BCUT2D eigenvalue weighted by atomic mass is 35.5. The largest absolute Gasteiger partial charge is 0.453 e. The summed E-state index contributed by atoms with van der Waals surface area (Å²) < 4.78 is 6.80. The van der Waals surface area contributed by atoms with Crippen molar-refractivity contribution in [3.8, 4) is 0 Å². The molecule has 0 saturated heterocycles. The molecule has 1 N–H and O–H groups in total. The van der Waals surface area contributed by atoms with Crippen molar-refractivity contribution >= 4 is 40.6 Å². The molecule has 162 valence electrons. The lowest BCUT2D eigenvalue weighted by Crippen LogP contribution is -2.30. The third-order valence-corrected chi connectivity index (χ3v) is 4.98. The molecular weight excluding hydrogens is 428 g/mol. The molecule has 1 amide bonds. The number of nitrogens with one attached hydrogen (secondary N) is 1. The SMILES string of the molecule is Cc1nc2ncnn2c(C)c1CCC(=O)OC(C)C(=O)Nc1ccc([N+](=O)[O-])cc1Cl. The number of aromatic nitrogens is 4. The second kappa shape index (κ2) is 9.04. The number of carbonyl (C=O) groups excluding carboxylic acids is 2. The molecule has 2 aromatic heterocycles. The van der Waals surface area contributed by atoms with Crippen LogP contribution in [-0.2, 0) is 20.7 Å². The van der Waals surface area contributed by atoms with Gasteiger partial charge in [0.05, 0.1) is 15.6 Å². The van der Waals surface area contributed by atoms with Gasteiger partial charge >= 0.3 is 5.97 Å². The van der Waals surface area contributed by atoms with Crippen LogP contribution in [0.5, 0.6) is 0 Å². The second-order valence-corrected chi connectivity index (χ2v) is 7.18. The summed E-state index contributed by atoms with van der Waals surface area (Å²) in [5.74, 6) is -0.686. The van der Waals surface area contributed by atoms with E-state index < -0.39 is 22.9 Å². The number of nitrogens with zero attached hydrogens (tertiary/aromatic N) is 5. The van der Waals surface area contributed by atoms with Gasteiger partial charge in [0.15, 0.2) is 6.10 Å². The van der Waals surface area contributed by atoms with E-state index in [1.807, 2.05) is 13.8 Å². The maximum atomic E-state index is 12.3. The van der Waals surface area contributed by atoms with E-state index in [9.17, 15) is 19.7 Å². The van der Waals surface area contributed by atoms with Crippen LogP contribution in [0, 0.1) is 24.0 Å². The van der Waals surface area contributed by atoms with Crippen LogP contribution in [0.25, 0.3) is 5.78 Å². The van der Waals surface area contributed by atoms with Crippen LogP contribution < -0.4 is 5.32 Å². The summed E-state index contributed by atoms with van der Waals surface area (Å²) in [6, 6.07) is 3.65. The van der Waals surface area contributed by atoms with E-state index in [2.05, 4.69) is 20.4 Å². The highest BCUT2D eigenvalue weighted by Gasteiger charge is 2.20. The number of rotatable bonds is 7. The first-order valence-corrected chi connectivity index (χ1v) is 9.65. The Morgan fingerprint density at radius 2 is 2.10 bits per heavy atom. The van der Waals surface area contributed by atoms with Crippen LogP contribution in [-0.4, -0.2) is 42.5 Å². The lowest BCUT2D eigenvalue weighted by atomic mass is 10.1. The van der Waals surface area contributed by atoms with Gasteiger partial charge in [0.1, 0.15) is 6.33 Å². The van der Waals surface area contributed by atoms with Crippen molar-refractivity contribution in [1.29, 1.82) is 0 Å². The molecule has 3 aromatic rings. The maximum absolute atomic E-state index is 12.3. The minimum absolute atomic E-state index is 0.00281. The fourth-order valence-electron chi connectivity index (χ4n) is 3.01. The topological polar surface area (TPSA) is 142 Å². The number of esters is 1. The van der Waals surface area contributed by atoms with Crippen molar-refractivity contribution < 1.29 is 19.2 Å². The van der Waals surface area contributed by atoms with E-state index >= 15 is 0 Å². The first kappa shape index (κ1) is 22.1. The molecule has 0 aliphatic rings. The van der Waals surface area contributed by atoms with Gasteiger partial charge in [-0.15, -0.1) is 0 Å². The van der Waals surface area contributed by atoms with Crippen LogP contribution >= 0.6 is 11.6 Å². The van der Waals surface area contributed by atoms with Gasteiger partial charge < -0.3 is 10.1 Å². The Labute approximate surface area is 181 Å². The smallest absolute Gasteiger partial charge is 0.306 e. The summed E-state index contributed by atoms with van der Waals surface area (Å²) in [7, 11) is 0. The zero-order valence-corrected chi connectivity index (χ0v) is 17.7. The highest BCUT2D eigenvalue weighted by molar-refractivity contribution is 6.34. The predicted octanol–water partition coefficient (Wildman–Crippen LogP) is 2.81. The summed E-state index contributed by atoms with van der Waals surface area (Å²) in [4.78, 5) is 43.1. The number of fused-ring (bicyclic) bond motifs is 1. The maximum Gasteiger partial charge on any atom is 0.306 e. The number of nitro groups is 1. The second-order valence-electron chi connectivity index (χ2n) is 6.78. The van der Waals surface area contributed by atoms with Crippen LogP contribution in [0.1, 0.15) is 30.3 Å². The standard InChI is InChI=1S/C19H19ClN6O5/c1-10-14(11(2)25-19(23-10)21-9-22-25)5-7-17(27)31-12(3)18(28)24-16-6-4-13(26(29)30)8-15(16)20/h4,6,8-9,12H,5,7H2,1-3H3,(H,24,28). The molecule has 0 aliphatic heterocycles. The number of ether oxygens (including phenoxy) is 1. The van der Waals surface area contributed by atoms with E-state index in [-0.39, 0.29) is 22.8 Å². The summed E-state index contributed by atoms with van der Waals surface area (Å²) >= 11 is 5.96. The average molecular weight is 447 g/mol. The van der Waals surface area contributed by atoms with Crippen molar-refractivity contribution in [2.24, 2.45) is 0 Å². The molecule has 0 fully saturated rings. The molecule has 0 spiro atoms. The van der Waals surface area contributed by atoms with E-state index in [0.717, 1.165) is 23.0 Å². The van der Waals surface area contributed by atoms with Crippen molar-refractivity contribution in [2.45, 2.75) is 39.7 Å². The summed E-state index contributed by atoms with van der Waals surface area (Å²) in [6.07, 6.45) is 0.725. The third-order valence-electron chi connectivity index (χ3n) is 4.67. The average Bonchev–Trinajstić information content (AvgIpc) is 3.17. The number of halogens is 1. The minimum Gasteiger partial charge on any atom is -0.453 e. The normalized spacial score (nSPS) is 11.9. The highest BCUT2D eigenvalue weighted by Crippen LogP contribution is 2.26. The number of hydrogen-bond acceptors (Lipinski definition) is 8. The molecule has 31 heavy (non-hydrogen) atoms. The van der Waals surface area contributed by atoms with E-state index in [4.69, 9.17) is 16.3 Å². The Morgan fingerprint density at radius 1 is 1.35 bits per heavy atom. The number of anilines is 1. The number of hydrogen-bond donors (Lipinski definition) is 1. The Kier molecular flexibility index (Phi) is 6.44. The molecule has 1 atom stereocenters. The number of benzene rings is 1. The number of non-ortho nitro benzene ring substituents is 1. The molecule has 0 aliphatic carbocycles. The van der Waals surface area contributed by atoms with Crippen molar-refractivity contribution in [3.63, 3.8) is 0 Å². The number of carbonyl (C=O) groups is 2. The number of aryl methyl sites for hydroxylation is 2. The van der Waals surface area contributed by atoms with Gasteiger partial charge in [-0.25, -0.2) is 9.50 Å². The molecule has 11 nitrogen and oxygen atoms in total. The first-order chi connectivity index (χ1) is 14.7. The van der Waals surface area contributed by atoms with Gasteiger partial charge in [0, 0.05) is 29.9 Å². The molecule has 0 bridgehead atoms. The Hall–Kier alpha value is -3.60. The van der Waals surface area contributed by atoms with E-state index in [0.29, 0.717) is 12.2 Å². The lowest BCUT2D eigenvalue weighted by molar-refractivity contribution is -0.384. The number of nitro benzene ring substituents is 1. The van der Waals surface area contributed by atoms with Gasteiger partial charge in [0.2, 0.25) is 0 Å². The predicted molar refractivity (Wildman–Crippen MR) is 111 cm³/mol. The third kappa shape index (κ3) is 4.94. The molecule has 2 heterocycles. The fraction of sp³-hybridized carbons (Fsp3) is 0.316. The quantitative estimate of drug-likeness (QED) is 0.331. The zero-order valence-electron chi connectivity index (χ0n) is 17.0. The van der Waals surface area contributed by atoms with Gasteiger partial charge in [0.25, 0.3) is 17.4 Å². The summed E-state index contributed by atoms with van der Waals surface area (Å²) in [5.41, 5.74) is 2.39. The van der Waals surface area contributed by atoms with Gasteiger partial charge in [-0.3, -0.25) is 19.7 Å². The van der Waals surface area contributed by atoms with Crippen molar-refractivity contribution in [3.05, 3.63) is 56.6 Å². The van der Waals surface area contributed by atoms with Crippen molar-refractivity contribution in [1.82, 2.24) is 19.6 Å². The molecule has 0 radical (unpaired) electrons. The van der Waals surface area contributed by atoms with Gasteiger partial charge in [-0.05, 0) is 38.8 Å². The first-order valence-electron chi connectivity index (χ1n) is 9.27. The van der Waals surface area contributed by atoms with E-state index in [1.54, 1.807) is 4.52 Å². The van der Waals surface area contributed by atoms with Gasteiger partial charge in [-0.2, -0.15) is 10.1 Å².